The van der Waals surface area contributed by atoms with Gasteiger partial charge in [-0.3, -0.25) is 0 Å². The van der Waals surface area contributed by atoms with E-state index < -0.39 is 6.10 Å². The lowest BCUT2D eigenvalue weighted by molar-refractivity contribution is 0.147. The molecule has 0 amide bonds. The predicted octanol–water partition coefficient (Wildman–Crippen LogP) is 4.73. The van der Waals surface area contributed by atoms with E-state index in [4.69, 9.17) is 40.5 Å². The zero-order valence-corrected chi connectivity index (χ0v) is 13.8. The topological polar surface area (TPSA) is 46.2 Å². The standard InChI is InChI=1S/C16H16Cl3NO/c1-9-2-4-11(14(18)6-9)16(21)12(8-20)10-3-5-13(17)15(19)7-10/h2-7,12,16,21H,8,20H2,1H3. The van der Waals surface area contributed by atoms with Gasteiger partial charge in [0.2, 0.25) is 0 Å². The van der Waals surface area contributed by atoms with Gasteiger partial charge in [0.05, 0.1) is 16.1 Å². The zero-order chi connectivity index (χ0) is 15.6. The summed E-state index contributed by atoms with van der Waals surface area (Å²) in [6, 6.07) is 10.8. The number of rotatable bonds is 4. The van der Waals surface area contributed by atoms with Gasteiger partial charge in [0.1, 0.15) is 0 Å². The van der Waals surface area contributed by atoms with E-state index in [9.17, 15) is 5.11 Å². The Balaban J connectivity index is 2.37. The minimum absolute atomic E-state index is 0.267. The fourth-order valence-electron chi connectivity index (χ4n) is 2.28. The third-order valence-corrected chi connectivity index (χ3v) is 4.55. The lowest BCUT2D eigenvalue weighted by Crippen LogP contribution is -2.20. The third-order valence-electron chi connectivity index (χ3n) is 3.48. The van der Waals surface area contributed by atoms with Crippen LogP contribution in [-0.2, 0) is 0 Å². The molecule has 3 N–H and O–H groups in total. The van der Waals surface area contributed by atoms with Gasteiger partial charge in [-0.15, -0.1) is 0 Å². The van der Waals surface area contributed by atoms with Crippen LogP contribution in [0.4, 0.5) is 0 Å². The summed E-state index contributed by atoms with van der Waals surface area (Å²) in [5, 5.41) is 12.1. The zero-order valence-electron chi connectivity index (χ0n) is 11.5. The van der Waals surface area contributed by atoms with Crippen molar-refractivity contribution < 1.29 is 5.11 Å². The van der Waals surface area contributed by atoms with Gasteiger partial charge in [0.15, 0.2) is 0 Å². The van der Waals surface area contributed by atoms with Gasteiger partial charge >= 0.3 is 0 Å². The Bertz CT molecular complexity index is 645. The molecule has 0 aliphatic heterocycles. The summed E-state index contributed by atoms with van der Waals surface area (Å²) in [6.07, 6.45) is -0.805. The molecule has 0 aliphatic rings. The Hall–Kier alpha value is -0.770. The van der Waals surface area contributed by atoms with Crippen molar-refractivity contribution in [2.45, 2.75) is 18.9 Å². The van der Waals surface area contributed by atoms with Crippen LogP contribution in [0.15, 0.2) is 36.4 Å². The van der Waals surface area contributed by atoms with Crippen molar-refractivity contribution in [3.8, 4) is 0 Å². The summed E-state index contributed by atoms with van der Waals surface area (Å²) < 4.78 is 0. The van der Waals surface area contributed by atoms with Crippen LogP contribution in [0.2, 0.25) is 15.1 Å². The maximum atomic E-state index is 10.6. The van der Waals surface area contributed by atoms with E-state index in [1.807, 2.05) is 31.2 Å². The van der Waals surface area contributed by atoms with Crippen LogP contribution in [0, 0.1) is 6.92 Å². The van der Waals surface area contributed by atoms with Crippen LogP contribution in [0.5, 0.6) is 0 Å². The second kappa shape index (κ2) is 6.99. The fraction of sp³-hybridized carbons (Fsp3) is 0.250. The van der Waals surface area contributed by atoms with Crippen molar-refractivity contribution in [3.63, 3.8) is 0 Å². The summed E-state index contributed by atoms with van der Waals surface area (Å²) in [5.74, 6) is -0.306. The molecular formula is C16H16Cl3NO. The smallest absolute Gasteiger partial charge is 0.0885 e. The van der Waals surface area contributed by atoms with Gasteiger partial charge in [-0.1, -0.05) is 53.0 Å². The molecule has 0 saturated carbocycles. The number of nitrogens with two attached hydrogens (primary N) is 1. The lowest BCUT2D eigenvalue weighted by Gasteiger charge is -2.23. The van der Waals surface area contributed by atoms with Crippen molar-refractivity contribution in [1.82, 2.24) is 0 Å². The van der Waals surface area contributed by atoms with E-state index in [0.29, 0.717) is 20.6 Å². The molecule has 2 aromatic rings. The first-order valence-corrected chi connectivity index (χ1v) is 7.66. The molecule has 5 heteroatoms. The summed E-state index contributed by atoms with van der Waals surface area (Å²) >= 11 is 18.2. The van der Waals surface area contributed by atoms with Gasteiger partial charge < -0.3 is 10.8 Å². The molecule has 2 unspecified atom stereocenters. The van der Waals surface area contributed by atoms with Gasteiger partial charge in [0, 0.05) is 17.5 Å². The Labute approximate surface area is 139 Å². The van der Waals surface area contributed by atoms with Crippen LogP contribution in [0.1, 0.15) is 28.7 Å². The number of benzene rings is 2. The van der Waals surface area contributed by atoms with E-state index in [-0.39, 0.29) is 12.5 Å². The number of hydrogen-bond donors (Lipinski definition) is 2. The molecule has 2 nitrogen and oxygen atoms in total. The first kappa shape index (κ1) is 16.6. The maximum Gasteiger partial charge on any atom is 0.0885 e. The maximum absolute atomic E-state index is 10.6. The molecule has 0 bridgehead atoms. The fourth-order valence-corrected chi connectivity index (χ4v) is 2.93. The monoisotopic (exact) mass is 343 g/mol. The highest BCUT2D eigenvalue weighted by molar-refractivity contribution is 6.42. The van der Waals surface area contributed by atoms with E-state index in [0.717, 1.165) is 11.1 Å². The molecule has 0 radical (unpaired) electrons. The molecule has 2 rings (SSSR count). The Morgan fingerprint density at radius 1 is 1.00 bits per heavy atom. The summed E-state index contributed by atoms with van der Waals surface area (Å²) in [5.41, 5.74) is 8.35. The van der Waals surface area contributed by atoms with Crippen molar-refractivity contribution >= 4 is 34.8 Å². The Morgan fingerprint density at radius 2 is 1.71 bits per heavy atom. The molecule has 0 saturated heterocycles. The average molecular weight is 345 g/mol. The van der Waals surface area contributed by atoms with Crippen LogP contribution < -0.4 is 5.73 Å². The van der Waals surface area contributed by atoms with Crippen LogP contribution >= 0.6 is 34.8 Å². The molecule has 2 aromatic carbocycles. The van der Waals surface area contributed by atoms with Gasteiger partial charge in [0.25, 0.3) is 0 Å². The molecule has 2 atom stereocenters. The number of aliphatic hydroxyl groups excluding tert-OH is 1. The number of hydrogen-bond acceptors (Lipinski definition) is 2. The third kappa shape index (κ3) is 3.71. The van der Waals surface area contributed by atoms with Crippen LogP contribution in [-0.4, -0.2) is 11.7 Å². The molecular weight excluding hydrogens is 329 g/mol. The van der Waals surface area contributed by atoms with Crippen molar-refractivity contribution in [3.05, 3.63) is 68.2 Å². The predicted molar refractivity (Wildman–Crippen MR) is 89.4 cm³/mol. The molecule has 0 aromatic heterocycles. The SMILES string of the molecule is Cc1ccc(C(O)C(CN)c2ccc(Cl)c(Cl)c2)c(Cl)c1. The average Bonchev–Trinajstić information content (AvgIpc) is 2.43. The minimum Gasteiger partial charge on any atom is -0.388 e. The van der Waals surface area contributed by atoms with Gasteiger partial charge in [-0.25, -0.2) is 0 Å². The molecule has 0 heterocycles. The van der Waals surface area contributed by atoms with E-state index >= 15 is 0 Å². The lowest BCUT2D eigenvalue weighted by atomic mass is 9.89. The highest BCUT2D eigenvalue weighted by atomic mass is 35.5. The summed E-state index contributed by atoms with van der Waals surface area (Å²) in [4.78, 5) is 0. The highest BCUT2D eigenvalue weighted by Gasteiger charge is 2.24. The minimum atomic E-state index is -0.805. The number of halogens is 3. The van der Waals surface area contributed by atoms with Crippen molar-refractivity contribution in [2.24, 2.45) is 5.73 Å². The van der Waals surface area contributed by atoms with Gasteiger partial charge in [-0.2, -0.15) is 0 Å². The normalized spacial score (nSPS) is 14.0. The van der Waals surface area contributed by atoms with Crippen molar-refractivity contribution in [1.29, 1.82) is 0 Å². The van der Waals surface area contributed by atoms with E-state index in [2.05, 4.69) is 0 Å². The largest absolute Gasteiger partial charge is 0.388 e. The number of aryl methyl sites for hydroxylation is 1. The Morgan fingerprint density at radius 3 is 2.29 bits per heavy atom. The highest BCUT2D eigenvalue weighted by Crippen LogP contribution is 2.36. The van der Waals surface area contributed by atoms with Gasteiger partial charge in [-0.05, 0) is 41.8 Å². The molecule has 112 valence electrons. The number of aliphatic hydroxyl groups is 1. The molecule has 0 fully saturated rings. The molecule has 21 heavy (non-hydrogen) atoms. The summed E-state index contributed by atoms with van der Waals surface area (Å²) in [7, 11) is 0. The first-order chi connectivity index (χ1) is 9.93. The van der Waals surface area contributed by atoms with E-state index in [1.54, 1.807) is 12.1 Å². The second-order valence-corrected chi connectivity index (χ2v) is 6.21. The van der Waals surface area contributed by atoms with Crippen LogP contribution in [0.3, 0.4) is 0 Å². The molecule has 0 spiro atoms. The Kier molecular flexibility index (Phi) is 5.53. The quantitative estimate of drug-likeness (QED) is 0.842. The van der Waals surface area contributed by atoms with E-state index in [1.165, 1.54) is 0 Å². The first-order valence-electron chi connectivity index (χ1n) is 6.53. The van der Waals surface area contributed by atoms with Crippen molar-refractivity contribution in [2.75, 3.05) is 6.54 Å². The summed E-state index contributed by atoms with van der Waals surface area (Å²) in [6.45, 7) is 2.21. The van der Waals surface area contributed by atoms with Crippen LogP contribution in [0.25, 0.3) is 0 Å². The second-order valence-electron chi connectivity index (χ2n) is 4.99. The molecule has 0 aliphatic carbocycles.